The average molecular weight is 293 g/mol. The second-order valence-corrected chi connectivity index (χ2v) is 6.72. The zero-order chi connectivity index (χ0) is 15.1. The number of fused-ring (bicyclic) bond motifs is 3. The first-order valence-corrected chi connectivity index (χ1v) is 8.27. The van der Waals surface area contributed by atoms with Gasteiger partial charge in [-0.15, -0.1) is 0 Å². The first-order chi connectivity index (χ1) is 10.7. The third-order valence-corrected chi connectivity index (χ3v) is 5.06. The van der Waals surface area contributed by atoms with Crippen molar-refractivity contribution in [3.8, 4) is 0 Å². The summed E-state index contributed by atoms with van der Waals surface area (Å²) < 4.78 is 6.20. The summed E-state index contributed by atoms with van der Waals surface area (Å²) in [7, 11) is 0. The number of ether oxygens (including phenoxy) is 1. The molecule has 2 nitrogen and oxygen atoms in total. The lowest BCUT2D eigenvalue weighted by atomic mass is 9.77. The number of hydrogen-bond acceptors (Lipinski definition) is 2. The number of aryl methyl sites for hydroxylation is 2. The second-order valence-electron chi connectivity index (χ2n) is 6.72. The Hall–Kier alpha value is -1.80. The SMILES string of the molecule is Cc1ccc([C@@H]2Nc3ccc(C)cc3[C@H]3OCCC[C@@H]32)cc1. The minimum absolute atomic E-state index is 0.233. The molecule has 1 N–H and O–H groups in total. The van der Waals surface area contributed by atoms with Gasteiger partial charge in [0, 0.05) is 23.8 Å². The minimum Gasteiger partial charge on any atom is -0.378 e. The van der Waals surface area contributed by atoms with Crippen molar-refractivity contribution in [2.75, 3.05) is 11.9 Å². The number of anilines is 1. The molecule has 3 atom stereocenters. The maximum absolute atomic E-state index is 6.20. The number of benzene rings is 2. The highest BCUT2D eigenvalue weighted by molar-refractivity contribution is 5.58. The molecule has 114 valence electrons. The van der Waals surface area contributed by atoms with E-state index in [2.05, 4.69) is 61.6 Å². The van der Waals surface area contributed by atoms with Crippen LogP contribution in [0.15, 0.2) is 42.5 Å². The van der Waals surface area contributed by atoms with Gasteiger partial charge in [-0.05, 0) is 38.3 Å². The van der Waals surface area contributed by atoms with Crippen LogP contribution in [0.25, 0.3) is 0 Å². The van der Waals surface area contributed by atoms with E-state index in [1.807, 2.05) is 0 Å². The second kappa shape index (κ2) is 5.44. The lowest BCUT2D eigenvalue weighted by Crippen LogP contribution is -2.36. The molecule has 1 fully saturated rings. The molecule has 0 amide bonds. The fraction of sp³-hybridized carbons (Fsp3) is 0.400. The van der Waals surface area contributed by atoms with E-state index in [1.54, 1.807) is 0 Å². The summed E-state index contributed by atoms with van der Waals surface area (Å²) in [5.74, 6) is 0.519. The van der Waals surface area contributed by atoms with Crippen LogP contribution in [-0.2, 0) is 4.74 Å². The van der Waals surface area contributed by atoms with E-state index >= 15 is 0 Å². The van der Waals surface area contributed by atoms with Crippen LogP contribution in [0.1, 0.15) is 47.2 Å². The van der Waals surface area contributed by atoms with Crippen molar-refractivity contribution in [2.45, 2.75) is 38.8 Å². The van der Waals surface area contributed by atoms with Gasteiger partial charge in [-0.1, -0.05) is 47.5 Å². The van der Waals surface area contributed by atoms with Crippen molar-refractivity contribution in [1.82, 2.24) is 0 Å². The molecule has 0 unspecified atom stereocenters. The molecule has 4 rings (SSSR count). The van der Waals surface area contributed by atoms with Gasteiger partial charge in [0.1, 0.15) is 0 Å². The van der Waals surface area contributed by atoms with Gasteiger partial charge >= 0.3 is 0 Å². The summed E-state index contributed by atoms with van der Waals surface area (Å²) in [6.45, 7) is 5.18. The zero-order valence-electron chi connectivity index (χ0n) is 13.3. The molecule has 0 saturated carbocycles. The molecule has 0 radical (unpaired) electrons. The van der Waals surface area contributed by atoms with Crippen molar-refractivity contribution in [3.63, 3.8) is 0 Å². The van der Waals surface area contributed by atoms with Gasteiger partial charge in [-0.25, -0.2) is 0 Å². The van der Waals surface area contributed by atoms with Gasteiger partial charge in [0.15, 0.2) is 0 Å². The summed E-state index contributed by atoms with van der Waals surface area (Å²) in [5.41, 5.74) is 6.57. The van der Waals surface area contributed by atoms with Gasteiger partial charge < -0.3 is 10.1 Å². The maximum Gasteiger partial charge on any atom is 0.0895 e. The largest absolute Gasteiger partial charge is 0.378 e. The highest BCUT2D eigenvalue weighted by Gasteiger charge is 2.39. The zero-order valence-corrected chi connectivity index (χ0v) is 13.3. The first-order valence-electron chi connectivity index (χ1n) is 8.27. The van der Waals surface area contributed by atoms with Gasteiger partial charge in [-0.2, -0.15) is 0 Å². The van der Waals surface area contributed by atoms with Gasteiger partial charge in [0.25, 0.3) is 0 Å². The fourth-order valence-electron chi connectivity index (χ4n) is 3.89. The maximum atomic E-state index is 6.20. The number of hydrogen-bond donors (Lipinski definition) is 1. The normalized spacial score (nSPS) is 26.7. The average Bonchev–Trinajstić information content (AvgIpc) is 2.55. The number of nitrogens with one attached hydrogen (secondary N) is 1. The van der Waals surface area contributed by atoms with Gasteiger partial charge in [0.05, 0.1) is 12.1 Å². The highest BCUT2D eigenvalue weighted by atomic mass is 16.5. The van der Waals surface area contributed by atoms with Crippen molar-refractivity contribution in [3.05, 3.63) is 64.7 Å². The van der Waals surface area contributed by atoms with E-state index in [4.69, 9.17) is 4.74 Å². The van der Waals surface area contributed by atoms with Crippen LogP contribution >= 0.6 is 0 Å². The Morgan fingerprint density at radius 2 is 1.77 bits per heavy atom. The summed E-state index contributed by atoms with van der Waals surface area (Å²) in [6, 6.07) is 16.0. The molecule has 2 heteroatoms. The van der Waals surface area contributed by atoms with Crippen molar-refractivity contribution >= 4 is 5.69 Å². The predicted octanol–water partition coefficient (Wildman–Crippen LogP) is 4.94. The molecule has 0 bridgehead atoms. The summed E-state index contributed by atoms with van der Waals surface area (Å²) in [5, 5.41) is 3.78. The lowest BCUT2D eigenvalue weighted by molar-refractivity contribution is -0.0381. The summed E-state index contributed by atoms with van der Waals surface area (Å²) >= 11 is 0. The van der Waals surface area contributed by atoms with E-state index in [9.17, 15) is 0 Å². The molecule has 1 saturated heterocycles. The van der Waals surface area contributed by atoms with E-state index < -0.39 is 0 Å². The van der Waals surface area contributed by atoms with Gasteiger partial charge in [0.2, 0.25) is 0 Å². The Bertz CT molecular complexity index is 677. The summed E-state index contributed by atoms with van der Waals surface area (Å²) in [6.07, 6.45) is 2.62. The van der Waals surface area contributed by atoms with E-state index in [0.717, 1.165) is 13.0 Å². The highest BCUT2D eigenvalue weighted by Crippen LogP contribution is 2.49. The Balaban J connectivity index is 1.77. The van der Waals surface area contributed by atoms with Crippen LogP contribution in [0.5, 0.6) is 0 Å². The van der Waals surface area contributed by atoms with E-state index in [1.165, 1.54) is 34.4 Å². The van der Waals surface area contributed by atoms with Crippen LogP contribution in [0, 0.1) is 19.8 Å². The molecule has 0 aromatic heterocycles. The number of rotatable bonds is 1. The lowest BCUT2D eigenvalue weighted by Gasteiger charge is -2.43. The molecule has 0 aliphatic carbocycles. The molecule has 2 aromatic rings. The van der Waals surface area contributed by atoms with Crippen molar-refractivity contribution in [2.24, 2.45) is 5.92 Å². The molecular formula is C20H23NO. The molecule has 0 spiro atoms. The monoisotopic (exact) mass is 293 g/mol. The van der Waals surface area contributed by atoms with Crippen LogP contribution in [0.2, 0.25) is 0 Å². The van der Waals surface area contributed by atoms with Crippen LogP contribution < -0.4 is 5.32 Å². The van der Waals surface area contributed by atoms with Crippen LogP contribution in [0.4, 0.5) is 5.69 Å². The Labute approximate surface area is 132 Å². The Morgan fingerprint density at radius 3 is 2.59 bits per heavy atom. The fourth-order valence-corrected chi connectivity index (χ4v) is 3.89. The van der Waals surface area contributed by atoms with Crippen LogP contribution in [-0.4, -0.2) is 6.61 Å². The van der Waals surface area contributed by atoms with Gasteiger partial charge in [-0.3, -0.25) is 0 Å². The van der Waals surface area contributed by atoms with E-state index in [0.29, 0.717) is 12.0 Å². The molecule has 2 aliphatic heterocycles. The standard InChI is InChI=1S/C20H23NO/c1-13-5-8-15(9-6-13)19-16-4-3-11-22-20(16)17-12-14(2)7-10-18(17)21-19/h5-10,12,16,19-21H,3-4,11H2,1-2H3/t16-,19+,20+/m1/s1. The van der Waals surface area contributed by atoms with E-state index in [-0.39, 0.29) is 6.10 Å². The molecule has 2 aliphatic rings. The molecular weight excluding hydrogens is 270 g/mol. The van der Waals surface area contributed by atoms with Crippen molar-refractivity contribution < 1.29 is 4.74 Å². The molecule has 2 heterocycles. The van der Waals surface area contributed by atoms with Crippen LogP contribution in [0.3, 0.4) is 0 Å². The quantitative estimate of drug-likeness (QED) is 0.804. The summed E-state index contributed by atoms with van der Waals surface area (Å²) in [4.78, 5) is 0. The Morgan fingerprint density at radius 1 is 1.00 bits per heavy atom. The van der Waals surface area contributed by atoms with Crippen molar-refractivity contribution in [1.29, 1.82) is 0 Å². The smallest absolute Gasteiger partial charge is 0.0895 e. The predicted molar refractivity (Wildman–Crippen MR) is 90.1 cm³/mol. The third kappa shape index (κ3) is 2.32. The first kappa shape index (κ1) is 13.8. The molecule has 22 heavy (non-hydrogen) atoms. The minimum atomic E-state index is 0.233. The molecule has 2 aromatic carbocycles. The Kier molecular flexibility index (Phi) is 3.42. The third-order valence-electron chi connectivity index (χ3n) is 5.06. The topological polar surface area (TPSA) is 21.3 Å².